The molecule has 1 aliphatic carbocycles. The topological polar surface area (TPSA) is 45.2 Å². The van der Waals surface area contributed by atoms with Gasteiger partial charge in [-0.25, -0.2) is 4.39 Å². The molecule has 0 bridgehead atoms. The maximum atomic E-state index is 15.0. The average molecular weight is 533 g/mol. The number of nitrogens with zero attached hydrogens (tertiary/aromatic N) is 2. The fourth-order valence-corrected chi connectivity index (χ4v) is 6.09. The van der Waals surface area contributed by atoms with Gasteiger partial charge < -0.3 is 19.5 Å². The lowest BCUT2D eigenvalue weighted by atomic mass is 9.79. The number of likely N-dealkylation sites (tertiary alicyclic amines) is 1. The van der Waals surface area contributed by atoms with E-state index < -0.39 is 0 Å². The molecule has 208 valence electrons. The van der Waals surface area contributed by atoms with Crippen molar-refractivity contribution in [1.82, 2.24) is 4.90 Å². The van der Waals surface area contributed by atoms with Crippen LogP contribution in [0, 0.1) is 5.82 Å². The van der Waals surface area contributed by atoms with Gasteiger partial charge in [-0.15, -0.1) is 0 Å². The largest absolute Gasteiger partial charge is 0.508 e. The number of piperidine rings is 1. The molecule has 2 aliphatic rings. The third-order valence-electron chi connectivity index (χ3n) is 8.30. The summed E-state index contributed by atoms with van der Waals surface area (Å²) in [6.07, 6.45) is 6.68. The molecule has 0 spiro atoms. The summed E-state index contributed by atoms with van der Waals surface area (Å²) < 4.78 is 26.4. The summed E-state index contributed by atoms with van der Waals surface area (Å²) in [6, 6.07) is 17.4. The predicted molar refractivity (Wildman–Crippen MR) is 155 cm³/mol. The SMILES string of the molecule is CCN(Cc1ccc(OCCN2CCCCC2)c(F)c1)c1cc(OC)ccc1[C@@H]1CCc2cc(O)ccc2C1. The van der Waals surface area contributed by atoms with E-state index in [1.807, 2.05) is 18.2 Å². The van der Waals surface area contributed by atoms with Crippen molar-refractivity contribution in [3.8, 4) is 17.2 Å². The number of aryl methyl sites for hydroxylation is 1. The molecule has 0 unspecified atom stereocenters. The first-order chi connectivity index (χ1) is 19.0. The van der Waals surface area contributed by atoms with Crippen molar-refractivity contribution in [2.75, 3.05) is 44.8 Å². The first-order valence-corrected chi connectivity index (χ1v) is 14.4. The molecule has 1 aliphatic heterocycles. The molecular formula is C33H41FN2O3. The summed E-state index contributed by atoms with van der Waals surface area (Å²) in [6.45, 7) is 7.09. The Bertz CT molecular complexity index is 1260. The lowest BCUT2D eigenvalue weighted by molar-refractivity contribution is 0.180. The number of phenolic OH excluding ortho intramolecular Hbond substituents is 1. The number of fused-ring (bicyclic) bond motifs is 1. The molecule has 0 aromatic heterocycles. The van der Waals surface area contributed by atoms with Crippen molar-refractivity contribution in [3.05, 3.63) is 82.7 Å². The quantitative estimate of drug-likeness (QED) is 0.315. The summed E-state index contributed by atoms with van der Waals surface area (Å²) in [5, 5.41) is 9.89. The molecule has 3 aromatic rings. The van der Waals surface area contributed by atoms with E-state index in [9.17, 15) is 5.11 Å². The van der Waals surface area contributed by atoms with Crippen LogP contribution in [0.3, 0.4) is 0 Å². The van der Waals surface area contributed by atoms with E-state index in [-0.39, 0.29) is 5.82 Å². The highest BCUT2D eigenvalue weighted by Crippen LogP contribution is 2.40. The highest BCUT2D eigenvalue weighted by atomic mass is 19.1. The second-order valence-electron chi connectivity index (χ2n) is 10.8. The third kappa shape index (κ3) is 6.67. The number of aromatic hydroxyl groups is 1. The van der Waals surface area contributed by atoms with Crippen LogP contribution in [-0.2, 0) is 19.4 Å². The Morgan fingerprint density at radius 3 is 2.62 bits per heavy atom. The molecule has 39 heavy (non-hydrogen) atoms. The second kappa shape index (κ2) is 12.7. The Balaban J connectivity index is 1.30. The summed E-state index contributed by atoms with van der Waals surface area (Å²) in [4.78, 5) is 4.70. The van der Waals surface area contributed by atoms with Crippen LogP contribution in [0.5, 0.6) is 17.2 Å². The van der Waals surface area contributed by atoms with Gasteiger partial charge in [-0.1, -0.05) is 24.6 Å². The normalized spacial score (nSPS) is 17.5. The van der Waals surface area contributed by atoms with Crippen molar-refractivity contribution in [2.45, 2.75) is 57.9 Å². The van der Waals surface area contributed by atoms with Gasteiger partial charge >= 0.3 is 0 Å². The maximum absolute atomic E-state index is 15.0. The lowest BCUT2D eigenvalue weighted by Crippen LogP contribution is -2.33. The van der Waals surface area contributed by atoms with Gasteiger partial charge in [-0.2, -0.15) is 0 Å². The van der Waals surface area contributed by atoms with Crippen LogP contribution in [0.2, 0.25) is 0 Å². The van der Waals surface area contributed by atoms with Crippen LogP contribution in [0.15, 0.2) is 54.6 Å². The van der Waals surface area contributed by atoms with Crippen molar-refractivity contribution in [2.24, 2.45) is 0 Å². The minimum atomic E-state index is -0.305. The molecule has 5 rings (SSSR count). The number of ether oxygens (including phenoxy) is 2. The number of methoxy groups -OCH3 is 1. The Hall–Kier alpha value is -3.25. The van der Waals surface area contributed by atoms with Crippen LogP contribution in [0.25, 0.3) is 0 Å². The van der Waals surface area contributed by atoms with Crippen molar-refractivity contribution < 1.29 is 19.0 Å². The van der Waals surface area contributed by atoms with Gasteiger partial charge in [0.15, 0.2) is 11.6 Å². The Kier molecular flexibility index (Phi) is 8.92. The molecule has 1 N–H and O–H groups in total. The van der Waals surface area contributed by atoms with Gasteiger partial charge in [0.05, 0.1) is 7.11 Å². The highest BCUT2D eigenvalue weighted by molar-refractivity contribution is 5.60. The maximum Gasteiger partial charge on any atom is 0.165 e. The van der Waals surface area contributed by atoms with Gasteiger partial charge in [0.1, 0.15) is 18.1 Å². The zero-order valence-electron chi connectivity index (χ0n) is 23.3. The molecule has 1 fully saturated rings. The number of rotatable bonds is 10. The van der Waals surface area contributed by atoms with Crippen molar-refractivity contribution in [3.63, 3.8) is 0 Å². The van der Waals surface area contributed by atoms with Gasteiger partial charge in [-0.3, -0.25) is 4.90 Å². The first-order valence-electron chi connectivity index (χ1n) is 14.4. The zero-order chi connectivity index (χ0) is 27.2. The molecule has 1 heterocycles. The lowest BCUT2D eigenvalue weighted by Gasteiger charge is -2.32. The van der Waals surface area contributed by atoms with Crippen LogP contribution < -0.4 is 14.4 Å². The fourth-order valence-electron chi connectivity index (χ4n) is 6.09. The molecule has 5 nitrogen and oxygen atoms in total. The average Bonchev–Trinajstić information content (AvgIpc) is 2.97. The molecular weight excluding hydrogens is 491 g/mol. The summed E-state index contributed by atoms with van der Waals surface area (Å²) >= 11 is 0. The molecule has 1 atom stereocenters. The number of halogens is 1. The first kappa shape index (κ1) is 27.3. The van der Waals surface area contributed by atoms with Crippen LogP contribution in [0.1, 0.15) is 60.8 Å². The van der Waals surface area contributed by atoms with E-state index in [1.54, 1.807) is 25.3 Å². The van der Waals surface area contributed by atoms with Gasteiger partial charge in [0, 0.05) is 31.4 Å². The zero-order valence-corrected chi connectivity index (χ0v) is 23.3. The molecule has 0 radical (unpaired) electrons. The van der Waals surface area contributed by atoms with Gasteiger partial charge in [0.2, 0.25) is 0 Å². The van der Waals surface area contributed by atoms with Crippen LogP contribution in [0.4, 0.5) is 10.1 Å². The number of hydrogen-bond acceptors (Lipinski definition) is 5. The van der Waals surface area contributed by atoms with Gasteiger partial charge in [0.25, 0.3) is 0 Å². The Morgan fingerprint density at radius 2 is 1.85 bits per heavy atom. The van der Waals surface area contributed by atoms with E-state index in [2.05, 4.69) is 34.9 Å². The monoisotopic (exact) mass is 532 g/mol. The molecule has 0 saturated carbocycles. The van der Waals surface area contributed by atoms with Crippen LogP contribution >= 0.6 is 0 Å². The molecule has 0 amide bonds. The predicted octanol–water partition coefficient (Wildman–Crippen LogP) is 6.70. The second-order valence-corrected chi connectivity index (χ2v) is 10.8. The van der Waals surface area contributed by atoms with Crippen molar-refractivity contribution >= 4 is 5.69 Å². The van der Waals surface area contributed by atoms with Crippen molar-refractivity contribution in [1.29, 1.82) is 0 Å². The minimum Gasteiger partial charge on any atom is -0.508 e. The number of hydrogen-bond donors (Lipinski definition) is 1. The Labute approximate surface area is 232 Å². The number of benzene rings is 3. The van der Waals surface area contributed by atoms with E-state index in [0.717, 1.165) is 62.4 Å². The summed E-state index contributed by atoms with van der Waals surface area (Å²) in [5.74, 6) is 1.54. The summed E-state index contributed by atoms with van der Waals surface area (Å²) in [5.41, 5.74) is 5.87. The van der Waals surface area contributed by atoms with Gasteiger partial charge in [-0.05, 0) is 111 Å². The Morgan fingerprint density at radius 1 is 1.00 bits per heavy atom. The third-order valence-corrected chi connectivity index (χ3v) is 8.30. The van der Waals surface area contributed by atoms with E-state index in [1.165, 1.54) is 36.0 Å². The minimum absolute atomic E-state index is 0.305. The highest BCUT2D eigenvalue weighted by Gasteiger charge is 2.25. The number of phenols is 1. The van der Waals surface area contributed by atoms with E-state index >= 15 is 4.39 Å². The van der Waals surface area contributed by atoms with Crippen LogP contribution in [-0.4, -0.2) is 49.9 Å². The summed E-state index contributed by atoms with van der Waals surface area (Å²) in [7, 11) is 1.69. The van der Waals surface area contributed by atoms with E-state index in [4.69, 9.17) is 9.47 Å². The fraction of sp³-hybridized carbons (Fsp3) is 0.455. The molecule has 3 aromatic carbocycles. The number of anilines is 1. The smallest absolute Gasteiger partial charge is 0.165 e. The molecule has 1 saturated heterocycles. The molecule has 6 heteroatoms. The standard InChI is InChI=1S/C33H41FN2O3/c1-3-36(23-24-7-14-33(31(34)19-24)39-18-17-35-15-5-4-6-16-35)32-22-29(38-2)12-13-30(32)27-9-8-26-21-28(37)11-10-25(26)20-27/h7,10-14,19,21-22,27,37H,3-6,8-9,15-18,20,23H2,1-2H3/t27-/m1/s1. The van der Waals surface area contributed by atoms with E-state index in [0.29, 0.717) is 30.6 Å².